The van der Waals surface area contributed by atoms with Crippen molar-refractivity contribution in [3.63, 3.8) is 0 Å². The second-order valence-corrected chi connectivity index (χ2v) is 5.05. The highest BCUT2D eigenvalue weighted by molar-refractivity contribution is 5.36. The van der Waals surface area contributed by atoms with Crippen molar-refractivity contribution in [3.05, 3.63) is 65.2 Å². The normalized spacial score (nSPS) is 12.2. The van der Waals surface area contributed by atoms with E-state index >= 15 is 0 Å². The SMILES string of the molecule is CCCOc1ccc(C(NC)c2ccc(C)cc2)cc1. The first-order valence-electron chi connectivity index (χ1n) is 7.21. The highest BCUT2D eigenvalue weighted by Gasteiger charge is 2.11. The van der Waals surface area contributed by atoms with Crippen LogP contribution in [-0.4, -0.2) is 13.7 Å². The zero-order chi connectivity index (χ0) is 14.4. The molecule has 1 N–H and O–H groups in total. The maximum atomic E-state index is 5.62. The second kappa shape index (κ2) is 7.11. The quantitative estimate of drug-likeness (QED) is 0.852. The summed E-state index contributed by atoms with van der Waals surface area (Å²) < 4.78 is 5.62. The summed E-state index contributed by atoms with van der Waals surface area (Å²) in [6.45, 7) is 4.99. The molecule has 0 aliphatic carbocycles. The van der Waals surface area contributed by atoms with Gasteiger partial charge in [0.05, 0.1) is 12.6 Å². The molecule has 0 fully saturated rings. The molecule has 0 radical (unpaired) electrons. The van der Waals surface area contributed by atoms with E-state index in [2.05, 4.69) is 55.6 Å². The maximum Gasteiger partial charge on any atom is 0.119 e. The lowest BCUT2D eigenvalue weighted by atomic mass is 9.98. The van der Waals surface area contributed by atoms with Crippen molar-refractivity contribution < 1.29 is 4.74 Å². The van der Waals surface area contributed by atoms with Gasteiger partial charge in [-0.3, -0.25) is 0 Å². The van der Waals surface area contributed by atoms with Crippen molar-refractivity contribution >= 4 is 0 Å². The first-order chi connectivity index (χ1) is 9.74. The molecule has 20 heavy (non-hydrogen) atoms. The third-order valence-corrected chi connectivity index (χ3v) is 3.39. The van der Waals surface area contributed by atoms with Crippen molar-refractivity contribution in [1.29, 1.82) is 0 Å². The van der Waals surface area contributed by atoms with Crippen LogP contribution in [-0.2, 0) is 0 Å². The van der Waals surface area contributed by atoms with Crippen LogP contribution < -0.4 is 10.1 Å². The Labute approximate surface area is 121 Å². The lowest BCUT2D eigenvalue weighted by Crippen LogP contribution is -2.17. The summed E-state index contributed by atoms with van der Waals surface area (Å²) in [5.74, 6) is 0.939. The molecule has 0 amide bonds. The Morgan fingerprint density at radius 1 is 0.950 bits per heavy atom. The van der Waals surface area contributed by atoms with E-state index in [1.54, 1.807) is 0 Å². The molecule has 0 bridgehead atoms. The van der Waals surface area contributed by atoms with Crippen LogP contribution in [0.3, 0.4) is 0 Å². The van der Waals surface area contributed by atoms with Gasteiger partial charge in [-0.25, -0.2) is 0 Å². The van der Waals surface area contributed by atoms with Crippen LogP contribution in [0, 0.1) is 6.92 Å². The minimum atomic E-state index is 0.218. The minimum absolute atomic E-state index is 0.218. The molecule has 0 aliphatic heterocycles. The Morgan fingerprint density at radius 2 is 1.50 bits per heavy atom. The molecule has 1 unspecified atom stereocenters. The standard InChI is InChI=1S/C18H23NO/c1-4-13-20-17-11-9-16(10-12-17)18(19-3)15-7-5-14(2)6-8-15/h5-12,18-19H,4,13H2,1-3H3. The van der Waals surface area contributed by atoms with E-state index in [1.165, 1.54) is 16.7 Å². The van der Waals surface area contributed by atoms with Crippen LogP contribution in [0.25, 0.3) is 0 Å². The van der Waals surface area contributed by atoms with Gasteiger partial charge in [-0.2, -0.15) is 0 Å². The summed E-state index contributed by atoms with van der Waals surface area (Å²) >= 11 is 0. The molecule has 106 valence electrons. The van der Waals surface area contributed by atoms with Crippen molar-refractivity contribution in [1.82, 2.24) is 5.32 Å². The highest BCUT2D eigenvalue weighted by atomic mass is 16.5. The van der Waals surface area contributed by atoms with Crippen LogP contribution in [0.4, 0.5) is 0 Å². The van der Waals surface area contributed by atoms with E-state index in [4.69, 9.17) is 4.74 Å². The van der Waals surface area contributed by atoms with E-state index in [1.807, 2.05) is 19.2 Å². The number of aryl methyl sites for hydroxylation is 1. The summed E-state index contributed by atoms with van der Waals surface area (Å²) in [5, 5.41) is 3.38. The van der Waals surface area contributed by atoms with Gasteiger partial charge in [0.1, 0.15) is 5.75 Å². The Morgan fingerprint density at radius 3 is 2.00 bits per heavy atom. The highest BCUT2D eigenvalue weighted by Crippen LogP contribution is 2.24. The first kappa shape index (κ1) is 14.6. The zero-order valence-corrected chi connectivity index (χ0v) is 12.5. The van der Waals surface area contributed by atoms with Gasteiger partial charge >= 0.3 is 0 Å². The number of rotatable bonds is 6. The summed E-state index contributed by atoms with van der Waals surface area (Å²) in [6.07, 6.45) is 1.03. The fourth-order valence-corrected chi connectivity index (χ4v) is 2.26. The molecule has 0 saturated carbocycles. The van der Waals surface area contributed by atoms with Gasteiger partial charge in [0.2, 0.25) is 0 Å². The Kier molecular flexibility index (Phi) is 5.19. The molecule has 2 aromatic carbocycles. The molecular formula is C18H23NO. The average Bonchev–Trinajstić information content (AvgIpc) is 2.49. The predicted molar refractivity (Wildman–Crippen MR) is 84.3 cm³/mol. The first-order valence-corrected chi connectivity index (χ1v) is 7.21. The predicted octanol–water partition coefficient (Wildman–Crippen LogP) is 4.09. The van der Waals surface area contributed by atoms with Gasteiger partial charge in [-0.1, -0.05) is 48.9 Å². The molecule has 2 nitrogen and oxygen atoms in total. The lowest BCUT2D eigenvalue weighted by Gasteiger charge is -2.18. The summed E-state index contributed by atoms with van der Waals surface area (Å²) in [4.78, 5) is 0. The molecular weight excluding hydrogens is 246 g/mol. The van der Waals surface area contributed by atoms with Gasteiger partial charge < -0.3 is 10.1 Å². The molecule has 0 aliphatic rings. The number of hydrogen-bond acceptors (Lipinski definition) is 2. The molecule has 0 heterocycles. The number of nitrogens with one attached hydrogen (secondary N) is 1. The Hall–Kier alpha value is -1.80. The molecule has 0 aromatic heterocycles. The van der Waals surface area contributed by atoms with E-state index in [0.717, 1.165) is 18.8 Å². The van der Waals surface area contributed by atoms with E-state index in [9.17, 15) is 0 Å². The number of ether oxygens (including phenoxy) is 1. The smallest absolute Gasteiger partial charge is 0.119 e. The van der Waals surface area contributed by atoms with Crippen LogP contribution >= 0.6 is 0 Å². The van der Waals surface area contributed by atoms with E-state index < -0.39 is 0 Å². The zero-order valence-electron chi connectivity index (χ0n) is 12.5. The molecule has 2 rings (SSSR count). The minimum Gasteiger partial charge on any atom is -0.494 e. The van der Waals surface area contributed by atoms with Crippen LogP contribution in [0.15, 0.2) is 48.5 Å². The van der Waals surface area contributed by atoms with Gasteiger partial charge in [0.15, 0.2) is 0 Å². The molecule has 0 spiro atoms. The van der Waals surface area contributed by atoms with Gasteiger partial charge in [0, 0.05) is 0 Å². The Bertz CT molecular complexity index is 516. The van der Waals surface area contributed by atoms with Gasteiger partial charge in [-0.05, 0) is 43.7 Å². The van der Waals surface area contributed by atoms with E-state index in [0.29, 0.717) is 0 Å². The van der Waals surface area contributed by atoms with Crippen molar-refractivity contribution in [2.75, 3.05) is 13.7 Å². The number of benzene rings is 2. The maximum absolute atomic E-state index is 5.62. The van der Waals surface area contributed by atoms with E-state index in [-0.39, 0.29) is 6.04 Å². The fraction of sp³-hybridized carbons (Fsp3) is 0.333. The van der Waals surface area contributed by atoms with Crippen molar-refractivity contribution in [3.8, 4) is 5.75 Å². The van der Waals surface area contributed by atoms with Crippen LogP contribution in [0.1, 0.15) is 36.1 Å². The fourth-order valence-electron chi connectivity index (χ4n) is 2.26. The largest absolute Gasteiger partial charge is 0.494 e. The van der Waals surface area contributed by atoms with Crippen LogP contribution in [0.2, 0.25) is 0 Å². The summed E-state index contributed by atoms with van der Waals surface area (Å²) in [5.41, 5.74) is 3.81. The molecule has 2 aromatic rings. The summed E-state index contributed by atoms with van der Waals surface area (Å²) in [6, 6.07) is 17.2. The molecule has 1 atom stereocenters. The second-order valence-electron chi connectivity index (χ2n) is 5.05. The number of hydrogen-bond donors (Lipinski definition) is 1. The van der Waals surface area contributed by atoms with Gasteiger partial charge in [-0.15, -0.1) is 0 Å². The van der Waals surface area contributed by atoms with Gasteiger partial charge in [0.25, 0.3) is 0 Å². The van der Waals surface area contributed by atoms with Crippen LogP contribution in [0.5, 0.6) is 5.75 Å². The monoisotopic (exact) mass is 269 g/mol. The summed E-state index contributed by atoms with van der Waals surface area (Å²) in [7, 11) is 1.99. The molecule has 0 saturated heterocycles. The third kappa shape index (κ3) is 3.61. The van der Waals surface area contributed by atoms with Crippen molar-refractivity contribution in [2.24, 2.45) is 0 Å². The van der Waals surface area contributed by atoms with Crippen molar-refractivity contribution in [2.45, 2.75) is 26.3 Å². The Balaban J connectivity index is 2.17. The average molecular weight is 269 g/mol. The molecule has 2 heteroatoms. The third-order valence-electron chi connectivity index (χ3n) is 3.39. The topological polar surface area (TPSA) is 21.3 Å². The lowest BCUT2D eigenvalue weighted by molar-refractivity contribution is 0.317.